The van der Waals surface area contributed by atoms with E-state index in [0.717, 1.165) is 0 Å². The maximum Gasteiger partial charge on any atom is 0.360 e. The number of para-hydroxylation sites is 1. The van der Waals surface area contributed by atoms with E-state index in [9.17, 15) is 18.9 Å². The van der Waals surface area contributed by atoms with Crippen molar-refractivity contribution in [1.82, 2.24) is 10.2 Å². The molecule has 2 aliphatic rings. The Bertz CT molecular complexity index is 1280. The zero-order valence-electron chi connectivity index (χ0n) is 21.0. The molecule has 2 fully saturated rings. The van der Waals surface area contributed by atoms with Crippen LogP contribution in [-0.4, -0.2) is 49.6 Å². The fourth-order valence-electron chi connectivity index (χ4n) is 5.02. The molecule has 0 saturated carbocycles. The van der Waals surface area contributed by atoms with Gasteiger partial charge in [0.2, 0.25) is 11.3 Å². The molecule has 2 aliphatic heterocycles. The summed E-state index contributed by atoms with van der Waals surface area (Å²) >= 11 is -1.64. The van der Waals surface area contributed by atoms with Gasteiger partial charge in [0.05, 0.1) is 6.42 Å². The lowest BCUT2D eigenvalue weighted by Crippen LogP contribution is -2.75. The van der Waals surface area contributed by atoms with Crippen molar-refractivity contribution in [2.24, 2.45) is 0 Å². The van der Waals surface area contributed by atoms with Crippen LogP contribution in [0.3, 0.4) is 0 Å². The van der Waals surface area contributed by atoms with Gasteiger partial charge in [0.25, 0.3) is 11.6 Å². The van der Waals surface area contributed by atoms with Crippen LogP contribution in [0.5, 0.6) is 5.75 Å². The smallest absolute Gasteiger partial charge is 0.360 e. The van der Waals surface area contributed by atoms with E-state index < -0.39 is 51.5 Å². The van der Waals surface area contributed by atoms with Crippen molar-refractivity contribution in [1.29, 1.82) is 0 Å². The zero-order valence-corrected chi connectivity index (χ0v) is 21.9. The monoisotopic (exact) mass is 532 g/mol. The highest BCUT2D eigenvalue weighted by atomic mass is 32.2. The first-order chi connectivity index (χ1) is 18.3. The number of nitrogens with one attached hydrogen (secondary N) is 1. The van der Waals surface area contributed by atoms with Crippen molar-refractivity contribution in [2.45, 2.75) is 42.2 Å². The molecule has 3 aromatic carbocycles. The number of rotatable bonds is 8. The number of hydrogen-bond donors (Lipinski definition) is 1. The van der Waals surface area contributed by atoms with E-state index in [1.165, 1.54) is 4.90 Å². The van der Waals surface area contributed by atoms with Gasteiger partial charge in [-0.3, -0.25) is 14.5 Å². The van der Waals surface area contributed by atoms with Gasteiger partial charge in [0, 0.05) is 0 Å². The Morgan fingerprint density at radius 1 is 0.974 bits per heavy atom. The van der Waals surface area contributed by atoms with Gasteiger partial charge in [-0.1, -0.05) is 78.9 Å². The number of esters is 1. The third kappa shape index (κ3) is 4.31. The summed E-state index contributed by atoms with van der Waals surface area (Å²) in [7, 11) is 0. The highest BCUT2D eigenvalue weighted by Crippen LogP contribution is 2.52. The molecule has 5 rings (SSSR count). The second-order valence-electron chi connectivity index (χ2n) is 9.70. The summed E-state index contributed by atoms with van der Waals surface area (Å²) in [5.74, 6) is -1.42. The summed E-state index contributed by atoms with van der Waals surface area (Å²) in [5.41, 5.74) is -0.565. The molecular weight excluding hydrogens is 504 g/mol. The van der Waals surface area contributed by atoms with Crippen LogP contribution in [0.15, 0.2) is 91.0 Å². The first-order valence-electron chi connectivity index (χ1n) is 12.3. The van der Waals surface area contributed by atoms with Crippen LogP contribution >= 0.6 is 0 Å². The van der Waals surface area contributed by atoms with Gasteiger partial charge >= 0.3 is 5.97 Å². The maximum absolute atomic E-state index is 14.2. The average molecular weight is 533 g/mol. The van der Waals surface area contributed by atoms with Gasteiger partial charge < -0.3 is 19.3 Å². The first kappa shape index (κ1) is 25.8. The second kappa shape index (κ2) is 10.2. The van der Waals surface area contributed by atoms with Gasteiger partial charge in [-0.2, -0.15) is 0 Å². The SMILES string of the molecule is CC1(C)[S@+]([O-])[C@@H]2CC(=O)N2[C@@]1(NC(=O)COc1ccccc1)C(=O)OC(c1ccccc1)c1ccccc1. The summed E-state index contributed by atoms with van der Waals surface area (Å²) in [6.07, 6.45) is -0.790. The average Bonchev–Trinajstić information content (AvgIpc) is 3.06. The zero-order chi connectivity index (χ0) is 26.9. The van der Waals surface area contributed by atoms with Crippen LogP contribution in [0.2, 0.25) is 0 Å². The molecule has 2 amide bonds. The number of ether oxygens (including phenoxy) is 2. The Labute approximate surface area is 224 Å². The van der Waals surface area contributed by atoms with E-state index in [4.69, 9.17) is 9.47 Å². The molecule has 2 saturated heterocycles. The molecule has 3 aromatic rings. The molecule has 0 aromatic heterocycles. The lowest BCUT2D eigenvalue weighted by atomic mass is 9.89. The molecular formula is C29H28N2O6S. The summed E-state index contributed by atoms with van der Waals surface area (Å²) in [6.45, 7) is 2.80. The molecule has 0 spiro atoms. The van der Waals surface area contributed by atoms with Crippen LogP contribution in [-0.2, 0) is 30.3 Å². The van der Waals surface area contributed by atoms with Crippen molar-refractivity contribution < 1.29 is 28.4 Å². The Morgan fingerprint density at radius 3 is 2.03 bits per heavy atom. The first-order valence-corrected chi connectivity index (χ1v) is 13.5. The lowest BCUT2D eigenvalue weighted by molar-refractivity contribution is -0.180. The quantitative estimate of drug-likeness (QED) is 0.271. The molecule has 1 N–H and O–H groups in total. The second-order valence-corrected chi connectivity index (χ2v) is 11.9. The fraction of sp³-hybridized carbons (Fsp3) is 0.276. The summed E-state index contributed by atoms with van der Waals surface area (Å²) in [6, 6.07) is 27.1. The van der Waals surface area contributed by atoms with E-state index in [0.29, 0.717) is 16.9 Å². The Morgan fingerprint density at radius 2 is 1.50 bits per heavy atom. The van der Waals surface area contributed by atoms with E-state index in [2.05, 4.69) is 5.32 Å². The molecule has 8 nitrogen and oxygen atoms in total. The van der Waals surface area contributed by atoms with Crippen LogP contribution in [0.4, 0.5) is 0 Å². The molecule has 0 radical (unpaired) electrons. The van der Waals surface area contributed by atoms with Gasteiger partial charge in [-0.15, -0.1) is 0 Å². The van der Waals surface area contributed by atoms with Gasteiger partial charge in [0.1, 0.15) is 5.75 Å². The molecule has 0 aliphatic carbocycles. The van der Waals surface area contributed by atoms with E-state index in [1.54, 1.807) is 38.1 Å². The largest absolute Gasteiger partial charge is 0.614 e. The van der Waals surface area contributed by atoms with E-state index in [1.807, 2.05) is 66.7 Å². The molecule has 0 bridgehead atoms. The Kier molecular flexibility index (Phi) is 6.90. The van der Waals surface area contributed by atoms with Crippen molar-refractivity contribution in [3.05, 3.63) is 102 Å². The summed E-state index contributed by atoms with van der Waals surface area (Å²) in [5, 5.41) is 2.03. The topological polar surface area (TPSA) is 108 Å². The Balaban J connectivity index is 1.50. The molecule has 0 unspecified atom stereocenters. The minimum atomic E-state index is -1.99. The molecule has 196 valence electrons. The number of benzene rings is 3. The number of amides is 2. The summed E-state index contributed by atoms with van der Waals surface area (Å²) in [4.78, 5) is 41.5. The highest BCUT2D eigenvalue weighted by molar-refractivity contribution is 7.93. The third-order valence-corrected chi connectivity index (χ3v) is 9.22. The molecule has 38 heavy (non-hydrogen) atoms. The number of β-lactam (4-membered cyclic amide) rings is 1. The van der Waals surface area contributed by atoms with Gasteiger partial charge in [0.15, 0.2) is 17.5 Å². The van der Waals surface area contributed by atoms with Crippen molar-refractivity contribution >= 4 is 29.0 Å². The molecule has 2 heterocycles. The minimum Gasteiger partial charge on any atom is -0.614 e. The van der Waals surface area contributed by atoms with Crippen molar-refractivity contribution in [3.63, 3.8) is 0 Å². The van der Waals surface area contributed by atoms with Crippen molar-refractivity contribution in [2.75, 3.05) is 6.61 Å². The maximum atomic E-state index is 14.2. The van der Waals surface area contributed by atoms with E-state index >= 15 is 0 Å². The van der Waals surface area contributed by atoms with Crippen LogP contribution < -0.4 is 10.1 Å². The van der Waals surface area contributed by atoms with E-state index in [-0.39, 0.29) is 12.3 Å². The molecule has 9 heteroatoms. The number of carbonyl (C=O) groups is 3. The number of carbonyl (C=O) groups excluding carboxylic acids is 3. The normalized spacial score (nSPS) is 23.4. The molecule has 3 atom stereocenters. The third-order valence-electron chi connectivity index (χ3n) is 7.05. The predicted molar refractivity (Wildman–Crippen MR) is 141 cm³/mol. The Hall–Kier alpha value is -3.82. The number of fused-ring (bicyclic) bond motifs is 1. The number of hydrogen-bond acceptors (Lipinski definition) is 6. The van der Waals surface area contributed by atoms with Crippen LogP contribution in [0, 0.1) is 0 Å². The van der Waals surface area contributed by atoms with Crippen LogP contribution in [0.25, 0.3) is 0 Å². The minimum absolute atomic E-state index is 0.0300. The summed E-state index contributed by atoms with van der Waals surface area (Å²) < 4.78 is 23.8. The van der Waals surface area contributed by atoms with Gasteiger partial charge in [-0.25, -0.2) is 4.79 Å². The fourth-order valence-corrected chi connectivity index (χ4v) is 6.99. The number of nitrogens with zero attached hydrogens (tertiary/aromatic N) is 1. The standard InChI is InChI=1S/C29H28N2O6S/c1-28(2)29(31-24(33)18-25(31)38(28)35,30-23(32)19-36-22-16-10-5-11-17-22)27(34)37-26(20-12-6-3-7-13-20)21-14-8-4-9-15-21/h3-17,25-26H,18-19H2,1-2H3,(H,30,32)/t25-,29+,38-/m1/s1. The highest BCUT2D eigenvalue weighted by Gasteiger charge is 2.79. The predicted octanol–water partition coefficient (Wildman–Crippen LogP) is 3.31. The van der Waals surface area contributed by atoms with Crippen LogP contribution in [0.1, 0.15) is 37.5 Å². The lowest BCUT2D eigenvalue weighted by Gasteiger charge is -2.44. The van der Waals surface area contributed by atoms with Crippen molar-refractivity contribution in [3.8, 4) is 5.75 Å². The van der Waals surface area contributed by atoms with Gasteiger partial charge in [-0.05, 0) is 48.3 Å².